The topological polar surface area (TPSA) is 13.1 Å². The maximum absolute atomic E-state index is 6.35. The molecule has 0 aliphatic carbocycles. The molecule has 0 spiro atoms. The van der Waals surface area contributed by atoms with Gasteiger partial charge in [-0.05, 0) is 147 Å². The van der Waals surface area contributed by atoms with Gasteiger partial charge >= 0.3 is 0 Å². The Morgan fingerprint density at radius 3 is 1.33 bits per heavy atom. The maximum atomic E-state index is 6.35. The molecule has 0 atom stereocenters. The van der Waals surface area contributed by atoms with Crippen LogP contribution < -0.4 is 0 Å². The van der Waals surface area contributed by atoms with Gasteiger partial charge in [0.15, 0.2) is 0 Å². The Labute approximate surface area is 329 Å². The van der Waals surface area contributed by atoms with Gasteiger partial charge in [0.05, 0.1) is 0 Å². The molecule has 1 heterocycles. The number of rotatable bonds is 4. The minimum absolute atomic E-state index is 0.902. The lowest BCUT2D eigenvalue weighted by molar-refractivity contribution is 0.669. The van der Waals surface area contributed by atoms with Gasteiger partial charge < -0.3 is 4.42 Å². The van der Waals surface area contributed by atoms with E-state index in [-0.39, 0.29) is 0 Å². The average Bonchev–Trinajstić information content (AvgIpc) is 3.65. The lowest BCUT2D eigenvalue weighted by atomic mass is 9.88. The van der Waals surface area contributed by atoms with Crippen LogP contribution in [-0.2, 0) is 0 Å². The molecular formula is C56H34O. The standard InChI is InChI=1S/C56H34O/c1-2-10-37-29-38(20-17-35(37)9-1)40-23-27-55-53(32-40)54-33-41(24-28-56(54)57-55)39-21-18-36-19-22-43(31-44(36)30-39)46-25-26-51(49-15-7-5-14-48(46)49)52-34-42-11-3-4-12-45(42)47-13-6-8-16-50(47)52/h1-34H. The van der Waals surface area contributed by atoms with Crippen molar-refractivity contribution in [1.29, 1.82) is 0 Å². The molecule has 0 bridgehead atoms. The molecule has 12 aromatic rings. The summed E-state index contributed by atoms with van der Waals surface area (Å²) >= 11 is 0. The lowest BCUT2D eigenvalue weighted by Crippen LogP contribution is -1.89. The second-order valence-electron chi connectivity index (χ2n) is 15.3. The Morgan fingerprint density at radius 2 is 0.649 bits per heavy atom. The Morgan fingerprint density at radius 1 is 0.211 bits per heavy atom. The predicted octanol–water partition coefficient (Wildman–Crippen LogP) is 16.0. The van der Waals surface area contributed by atoms with Gasteiger partial charge in [-0.3, -0.25) is 0 Å². The summed E-state index contributed by atoms with van der Waals surface area (Å²) in [6, 6.07) is 75.5. The highest BCUT2D eigenvalue weighted by Gasteiger charge is 2.15. The maximum Gasteiger partial charge on any atom is 0.135 e. The fourth-order valence-corrected chi connectivity index (χ4v) is 9.16. The van der Waals surface area contributed by atoms with Gasteiger partial charge in [0.2, 0.25) is 0 Å². The SMILES string of the molecule is c1ccc2cc(-c3ccc4oc5ccc(-c6ccc7ccc(-c8ccc(-c9cc%10ccccc%10c%10ccccc9%10)c9ccccc89)cc7c6)cc5c4c3)ccc2c1. The third-order valence-electron chi connectivity index (χ3n) is 12.0. The van der Waals surface area contributed by atoms with Crippen LogP contribution in [0.3, 0.4) is 0 Å². The summed E-state index contributed by atoms with van der Waals surface area (Å²) in [7, 11) is 0. The third kappa shape index (κ3) is 5.17. The van der Waals surface area contributed by atoms with Crippen LogP contribution in [0.4, 0.5) is 0 Å². The van der Waals surface area contributed by atoms with Gasteiger partial charge in [0.25, 0.3) is 0 Å². The van der Waals surface area contributed by atoms with Gasteiger partial charge in [-0.2, -0.15) is 0 Å². The lowest BCUT2D eigenvalue weighted by Gasteiger charge is -2.16. The fraction of sp³-hybridized carbons (Fsp3) is 0. The summed E-state index contributed by atoms with van der Waals surface area (Å²) in [6.07, 6.45) is 0. The molecule has 57 heavy (non-hydrogen) atoms. The monoisotopic (exact) mass is 722 g/mol. The van der Waals surface area contributed by atoms with Crippen LogP contribution in [-0.4, -0.2) is 0 Å². The molecule has 0 aliphatic heterocycles. The van der Waals surface area contributed by atoms with Crippen molar-refractivity contribution in [2.24, 2.45) is 0 Å². The fourth-order valence-electron chi connectivity index (χ4n) is 9.16. The van der Waals surface area contributed by atoms with Gasteiger partial charge in [-0.15, -0.1) is 0 Å². The Balaban J connectivity index is 0.950. The van der Waals surface area contributed by atoms with Crippen LogP contribution in [0.25, 0.3) is 120 Å². The zero-order chi connectivity index (χ0) is 37.5. The van der Waals surface area contributed by atoms with Crippen molar-refractivity contribution >= 4 is 75.8 Å². The molecule has 0 aliphatic rings. The Kier molecular flexibility index (Phi) is 7.00. The van der Waals surface area contributed by atoms with E-state index < -0.39 is 0 Å². The van der Waals surface area contributed by atoms with Crippen LogP contribution in [0, 0.1) is 0 Å². The van der Waals surface area contributed by atoms with Gasteiger partial charge in [0, 0.05) is 10.8 Å². The molecule has 0 saturated carbocycles. The normalized spacial score (nSPS) is 11.9. The Bertz CT molecular complexity index is 3580. The first-order valence-corrected chi connectivity index (χ1v) is 19.6. The quantitative estimate of drug-likeness (QED) is 0.165. The number of furan rings is 1. The molecule has 0 saturated heterocycles. The summed E-state index contributed by atoms with van der Waals surface area (Å²) in [5.41, 5.74) is 11.5. The molecule has 11 aromatic carbocycles. The summed E-state index contributed by atoms with van der Waals surface area (Å²) < 4.78 is 6.35. The van der Waals surface area contributed by atoms with Crippen LogP contribution in [0.15, 0.2) is 211 Å². The highest BCUT2D eigenvalue weighted by atomic mass is 16.3. The highest BCUT2D eigenvalue weighted by molar-refractivity contribution is 6.17. The molecule has 1 aromatic heterocycles. The second-order valence-corrected chi connectivity index (χ2v) is 15.3. The molecule has 0 fully saturated rings. The van der Waals surface area contributed by atoms with Crippen molar-refractivity contribution in [3.8, 4) is 44.5 Å². The largest absolute Gasteiger partial charge is 0.456 e. The summed E-state index contributed by atoms with van der Waals surface area (Å²) in [5.74, 6) is 0. The zero-order valence-electron chi connectivity index (χ0n) is 31.0. The van der Waals surface area contributed by atoms with E-state index in [1.54, 1.807) is 0 Å². The van der Waals surface area contributed by atoms with E-state index in [1.165, 1.54) is 98.4 Å². The summed E-state index contributed by atoms with van der Waals surface area (Å²) in [5, 5.41) is 14.8. The van der Waals surface area contributed by atoms with Crippen LogP contribution in [0.2, 0.25) is 0 Å². The predicted molar refractivity (Wildman–Crippen MR) is 243 cm³/mol. The molecule has 0 N–H and O–H groups in total. The van der Waals surface area contributed by atoms with Crippen LogP contribution >= 0.6 is 0 Å². The minimum atomic E-state index is 0.902. The second kappa shape index (κ2) is 12.5. The number of hydrogen-bond donors (Lipinski definition) is 0. The van der Waals surface area contributed by atoms with E-state index in [2.05, 4.69) is 206 Å². The van der Waals surface area contributed by atoms with E-state index in [1.807, 2.05) is 0 Å². The van der Waals surface area contributed by atoms with Crippen molar-refractivity contribution in [1.82, 2.24) is 0 Å². The molecular weight excluding hydrogens is 689 g/mol. The van der Waals surface area contributed by atoms with Gasteiger partial charge in [-0.1, -0.05) is 158 Å². The van der Waals surface area contributed by atoms with Crippen molar-refractivity contribution in [2.75, 3.05) is 0 Å². The molecule has 0 radical (unpaired) electrons. The number of hydrogen-bond acceptors (Lipinski definition) is 1. The first kappa shape index (κ1) is 31.8. The molecule has 0 amide bonds. The minimum Gasteiger partial charge on any atom is -0.456 e. The van der Waals surface area contributed by atoms with E-state index in [0.717, 1.165) is 21.9 Å². The first-order chi connectivity index (χ1) is 28.2. The molecule has 1 nitrogen and oxygen atoms in total. The molecule has 12 rings (SSSR count). The number of benzene rings is 11. The van der Waals surface area contributed by atoms with Gasteiger partial charge in [0.1, 0.15) is 11.2 Å². The van der Waals surface area contributed by atoms with E-state index in [9.17, 15) is 0 Å². The van der Waals surface area contributed by atoms with Crippen molar-refractivity contribution in [3.05, 3.63) is 206 Å². The average molecular weight is 723 g/mol. The van der Waals surface area contributed by atoms with E-state index in [4.69, 9.17) is 4.42 Å². The van der Waals surface area contributed by atoms with Crippen LogP contribution in [0.5, 0.6) is 0 Å². The van der Waals surface area contributed by atoms with Crippen molar-refractivity contribution in [3.63, 3.8) is 0 Å². The van der Waals surface area contributed by atoms with Crippen LogP contribution in [0.1, 0.15) is 0 Å². The molecule has 1 heteroatoms. The van der Waals surface area contributed by atoms with E-state index in [0.29, 0.717) is 0 Å². The number of fused-ring (bicyclic) bond motifs is 9. The first-order valence-electron chi connectivity index (χ1n) is 19.6. The summed E-state index contributed by atoms with van der Waals surface area (Å²) in [4.78, 5) is 0. The van der Waals surface area contributed by atoms with Crippen molar-refractivity contribution < 1.29 is 4.42 Å². The van der Waals surface area contributed by atoms with Gasteiger partial charge in [-0.25, -0.2) is 0 Å². The smallest absolute Gasteiger partial charge is 0.135 e. The zero-order valence-corrected chi connectivity index (χ0v) is 31.0. The molecule has 264 valence electrons. The highest BCUT2D eigenvalue weighted by Crippen LogP contribution is 2.42. The molecule has 0 unspecified atom stereocenters. The van der Waals surface area contributed by atoms with Crippen molar-refractivity contribution in [2.45, 2.75) is 0 Å². The summed E-state index contributed by atoms with van der Waals surface area (Å²) in [6.45, 7) is 0. The Hall–Kier alpha value is -7.48. The van der Waals surface area contributed by atoms with E-state index >= 15 is 0 Å². The third-order valence-corrected chi connectivity index (χ3v) is 12.0.